The molecular weight excluding hydrogens is 335 g/mol. The van der Waals surface area contributed by atoms with E-state index in [-0.39, 0.29) is 11.7 Å². The van der Waals surface area contributed by atoms with Crippen molar-refractivity contribution in [2.45, 2.75) is 38.3 Å². The summed E-state index contributed by atoms with van der Waals surface area (Å²) in [6.45, 7) is 2.59. The number of benzene rings is 1. The SMILES string of the molecule is C[C@@H]1C[C@@H]1c1ccc(CN(C)C(=O)[C@@H]2CC(c3cccc(F)c3)=NO2)o1. The van der Waals surface area contributed by atoms with E-state index in [4.69, 9.17) is 9.25 Å². The van der Waals surface area contributed by atoms with Crippen LogP contribution < -0.4 is 0 Å². The third kappa shape index (κ3) is 3.36. The topological polar surface area (TPSA) is 55.0 Å². The molecule has 0 unspecified atom stereocenters. The molecule has 3 atom stereocenters. The zero-order valence-electron chi connectivity index (χ0n) is 14.8. The van der Waals surface area contributed by atoms with Crippen molar-refractivity contribution in [2.75, 3.05) is 7.05 Å². The maximum absolute atomic E-state index is 13.4. The monoisotopic (exact) mass is 356 g/mol. The molecule has 2 heterocycles. The first-order valence-electron chi connectivity index (χ1n) is 8.83. The van der Waals surface area contributed by atoms with Crippen LogP contribution in [0.3, 0.4) is 0 Å². The third-order valence-corrected chi connectivity index (χ3v) is 5.03. The average Bonchev–Trinajstić information content (AvgIpc) is 3.05. The Bertz CT molecular complexity index is 860. The van der Waals surface area contributed by atoms with E-state index in [0.717, 1.165) is 17.9 Å². The molecule has 1 saturated carbocycles. The van der Waals surface area contributed by atoms with E-state index in [9.17, 15) is 9.18 Å². The largest absolute Gasteiger partial charge is 0.464 e. The Kier molecular flexibility index (Phi) is 4.26. The molecule has 1 fully saturated rings. The van der Waals surface area contributed by atoms with Crippen LogP contribution in [0.25, 0.3) is 0 Å². The number of hydrogen-bond acceptors (Lipinski definition) is 4. The van der Waals surface area contributed by atoms with Crippen LogP contribution in [0.4, 0.5) is 4.39 Å². The Morgan fingerprint density at radius 1 is 1.35 bits per heavy atom. The summed E-state index contributed by atoms with van der Waals surface area (Å²) in [4.78, 5) is 19.5. The summed E-state index contributed by atoms with van der Waals surface area (Å²) in [7, 11) is 1.72. The summed E-state index contributed by atoms with van der Waals surface area (Å²) in [5.41, 5.74) is 1.22. The first kappa shape index (κ1) is 16.8. The number of hydrogen-bond donors (Lipinski definition) is 0. The highest BCUT2D eigenvalue weighted by Crippen LogP contribution is 2.47. The number of oxime groups is 1. The molecule has 1 amide bonds. The maximum Gasteiger partial charge on any atom is 0.267 e. The van der Waals surface area contributed by atoms with E-state index in [1.165, 1.54) is 12.1 Å². The van der Waals surface area contributed by atoms with Crippen molar-refractivity contribution >= 4 is 11.6 Å². The van der Waals surface area contributed by atoms with Gasteiger partial charge in [0.05, 0.1) is 12.3 Å². The molecule has 2 aliphatic rings. The summed E-state index contributed by atoms with van der Waals surface area (Å²) < 4.78 is 19.2. The normalized spacial score (nSPS) is 24.1. The minimum atomic E-state index is -0.684. The minimum absolute atomic E-state index is 0.169. The number of carbonyl (C=O) groups excluding carboxylic acids is 1. The molecule has 136 valence electrons. The molecule has 1 aromatic carbocycles. The second-order valence-electron chi connectivity index (χ2n) is 7.16. The van der Waals surface area contributed by atoms with Gasteiger partial charge in [-0.05, 0) is 36.6 Å². The van der Waals surface area contributed by atoms with Gasteiger partial charge in [0.2, 0.25) is 6.10 Å². The molecule has 0 N–H and O–H groups in total. The fraction of sp³-hybridized carbons (Fsp3) is 0.400. The fourth-order valence-electron chi connectivity index (χ4n) is 3.30. The zero-order chi connectivity index (χ0) is 18.3. The van der Waals surface area contributed by atoms with Crippen LogP contribution in [0.2, 0.25) is 0 Å². The lowest BCUT2D eigenvalue weighted by molar-refractivity contribution is -0.141. The lowest BCUT2D eigenvalue weighted by atomic mass is 10.0. The summed E-state index contributed by atoms with van der Waals surface area (Å²) in [6.07, 6.45) is 0.809. The predicted molar refractivity (Wildman–Crippen MR) is 94.1 cm³/mol. The number of rotatable bonds is 5. The maximum atomic E-state index is 13.4. The number of furan rings is 1. The fourth-order valence-corrected chi connectivity index (χ4v) is 3.30. The molecule has 26 heavy (non-hydrogen) atoms. The number of amides is 1. The first-order valence-corrected chi connectivity index (χ1v) is 8.83. The van der Waals surface area contributed by atoms with Gasteiger partial charge < -0.3 is 14.2 Å². The van der Waals surface area contributed by atoms with E-state index in [2.05, 4.69) is 12.1 Å². The van der Waals surface area contributed by atoms with Crippen molar-refractivity contribution in [3.63, 3.8) is 0 Å². The van der Waals surface area contributed by atoms with Crippen molar-refractivity contribution in [1.29, 1.82) is 0 Å². The smallest absolute Gasteiger partial charge is 0.267 e. The van der Waals surface area contributed by atoms with Gasteiger partial charge in [-0.1, -0.05) is 24.2 Å². The third-order valence-electron chi connectivity index (χ3n) is 5.03. The van der Waals surface area contributed by atoms with Gasteiger partial charge in [-0.3, -0.25) is 4.79 Å². The molecule has 0 spiro atoms. The van der Waals surface area contributed by atoms with Crippen molar-refractivity contribution in [1.82, 2.24) is 4.90 Å². The van der Waals surface area contributed by atoms with Gasteiger partial charge in [0, 0.05) is 24.9 Å². The zero-order valence-corrected chi connectivity index (χ0v) is 14.8. The van der Waals surface area contributed by atoms with Crippen LogP contribution in [-0.2, 0) is 16.2 Å². The van der Waals surface area contributed by atoms with E-state index in [1.54, 1.807) is 24.1 Å². The summed E-state index contributed by atoms with van der Waals surface area (Å²) >= 11 is 0. The number of nitrogens with zero attached hydrogens (tertiary/aromatic N) is 2. The molecule has 4 rings (SSSR count). The molecule has 5 nitrogen and oxygen atoms in total. The standard InChI is InChI=1S/C20H21FN2O3/c1-12-8-16(12)18-7-6-15(25-18)11-23(2)20(24)19-10-17(22-26-19)13-4-3-5-14(21)9-13/h3-7,9,12,16,19H,8,10-11H2,1-2H3/t12-,16+,19+/m1/s1. The molecular formula is C20H21FN2O3. The Balaban J connectivity index is 1.35. The number of likely N-dealkylation sites (N-methyl/N-ethyl adjacent to an activating group) is 1. The quantitative estimate of drug-likeness (QED) is 0.821. The summed E-state index contributed by atoms with van der Waals surface area (Å²) in [5, 5.41) is 3.96. The van der Waals surface area contributed by atoms with Crippen LogP contribution >= 0.6 is 0 Å². The molecule has 1 aliphatic heterocycles. The van der Waals surface area contributed by atoms with Gasteiger partial charge in [0.15, 0.2) is 0 Å². The summed E-state index contributed by atoms with van der Waals surface area (Å²) in [6, 6.07) is 10.1. The number of carbonyl (C=O) groups is 1. The highest BCUT2D eigenvalue weighted by molar-refractivity contribution is 6.04. The first-order chi connectivity index (χ1) is 12.5. The van der Waals surface area contributed by atoms with Gasteiger partial charge in [-0.2, -0.15) is 0 Å². The Labute approximate surface area is 151 Å². The van der Waals surface area contributed by atoms with Crippen molar-refractivity contribution in [3.05, 3.63) is 59.3 Å². The summed E-state index contributed by atoms with van der Waals surface area (Å²) in [5.74, 6) is 2.46. The van der Waals surface area contributed by atoms with Gasteiger partial charge in [-0.15, -0.1) is 0 Å². The van der Waals surface area contributed by atoms with Crippen LogP contribution in [0, 0.1) is 11.7 Å². The molecule has 2 aromatic rings. The molecule has 0 bridgehead atoms. The van der Waals surface area contributed by atoms with Gasteiger partial charge in [0.25, 0.3) is 5.91 Å². The lowest BCUT2D eigenvalue weighted by Gasteiger charge is -2.18. The van der Waals surface area contributed by atoms with Crippen molar-refractivity contribution in [2.24, 2.45) is 11.1 Å². The Hall–Kier alpha value is -2.63. The van der Waals surface area contributed by atoms with Crippen LogP contribution in [0.1, 0.15) is 42.8 Å². The van der Waals surface area contributed by atoms with E-state index in [0.29, 0.717) is 36.1 Å². The van der Waals surface area contributed by atoms with Crippen molar-refractivity contribution < 1.29 is 18.4 Å². The molecule has 0 radical (unpaired) electrons. The lowest BCUT2D eigenvalue weighted by Crippen LogP contribution is -2.36. The second kappa shape index (κ2) is 6.59. The van der Waals surface area contributed by atoms with Gasteiger partial charge in [0.1, 0.15) is 17.3 Å². The van der Waals surface area contributed by atoms with Crippen LogP contribution in [0.15, 0.2) is 46.0 Å². The van der Waals surface area contributed by atoms with Crippen LogP contribution in [0.5, 0.6) is 0 Å². The van der Waals surface area contributed by atoms with Crippen molar-refractivity contribution in [3.8, 4) is 0 Å². The van der Waals surface area contributed by atoms with Gasteiger partial charge in [-0.25, -0.2) is 4.39 Å². The highest BCUT2D eigenvalue weighted by Gasteiger charge is 2.37. The van der Waals surface area contributed by atoms with E-state index >= 15 is 0 Å². The highest BCUT2D eigenvalue weighted by atomic mass is 19.1. The Morgan fingerprint density at radius 3 is 2.88 bits per heavy atom. The predicted octanol–water partition coefficient (Wildman–Crippen LogP) is 3.69. The second-order valence-corrected chi connectivity index (χ2v) is 7.16. The Morgan fingerprint density at radius 2 is 2.15 bits per heavy atom. The average molecular weight is 356 g/mol. The van der Waals surface area contributed by atoms with Crippen LogP contribution in [-0.4, -0.2) is 29.7 Å². The molecule has 1 aromatic heterocycles. The molecule has 0 saturated heterocycles. The minimum Gasteiger partial charge on any atom is -0.464 e. The number of halogens is 1. The molecule has 6 heteroatoms. The van der Waals surface area contributed by atoms with Gasteiger partial charge >= 0.3 is 0 Å². The van der Waals surface area contributed by atoms with E-state index in [1.807, 2.05) is 12.1 Å². The molecule has 1 aliphatic carbocycles. The van der Waals surface area contributed by atoms with E-state index < -0.39 is 6.10 Å².